The van der Waals surface area contributed by atoms with Crippen molar-refractivity contribution < 1.29 is 4.42 Å². The van der Waals surface area contributed by atoms with Crippen LogP contribution >= 0.6 is 11.3 Å². The maximum atomic E-state index is 7.05. The first-order valence-electron chi connectivity index (χ1n) is 35.3. The minimum Gasteiger partial charge on any atom is -0.457 e. The normalized spacial score (nSPS) is 13.4. The summed E-state index contributed by atoms with van der Waals surface area (Å²) in [6.07, 6.45) is 0. The van der Waals surface area contributed by atoms with Gasteiger partial charge in [0.2, 0.25) is 0 Å². The lowest BCUT2D eigenvalue weighted by Crippen LogP contribution is -2.34. The molecule has 0 fully saturated rings. The van der Waals surface area contributed by atoms with Gasteiger partial charge in [-0.05, 0) is 107 Å². The van der Waals surface area contributed by atoms with Gasteiger partial charge < -0.3 is 13.6 Å². The zero-order valence-electron chi connectivity index (χ0n) is 56.4. The summed E-state index contributed by atoms with van der Waals surface area (Å²) in [6, 6.07) is 113. The molecule has 14 aromatic carbocycles. The second-order valence-corrected chi connectivity index (χ2v) is 29.1. The number of aromatic nitrogens is 8. The van der Waals surface area contributed by atoms with Gasteiger partial charge in [-0.15, -0.1) is 11.3 Å². The van der Waals surface area contributed by atoms with E-state index in [0.29, 0.717) is 34.9 Å². The third-order valence-electron chi connectivity index (χ3n) is 22.0. The van der Waals surface area contributed by atoms with E-state index in [2.05, 4.69) is 284 Å². The molecule has 486 valence electrons. The quantitative estimate of drug-likeness (QED) is 0.142. The van der Waals surface area contributed by atoms with E-state index >= 15 is 0 Å². The number of rotatable bonds is 9. The van der Waals surface area contributed by atoms with Crippen LogP contribution in [0, 0.1) is 0 Å². The van der Waals surface area contributed by atoms with Gasteiger partial charge in [-0.25, -0.2) is 29.9 Å². The zero-order valence-corrected chi connectivity index (χ0v) is 57.2. The number of furan rings is 1. The number of fused-ring (bicyclic) bond motifs is 18. The summed E-state index contributed by atoms with van der Waals surface area (Å²) < 4.78 is 13.3. The van der Waals surface area contributed by atoms with Gasteiger partial charge in [0.25, 0.3) is 0 Å². The first-order valence-corrected chi connectivity index (χ1v) is 36.1. The molecular formula is C94H58N8OS. The van der Waals surface area contributed by atoms with Gasteiger partial charge in [0.1, 0.15) is 11.3 Å². The van der Waals surface area contributed by atoms with Gasteiger partial charge in [-0.3, -0.25) is 0 Å². The molecule has 0 bridgehead atoms. The van der Waals surface area contributed by atoms with Crippen LogP contribution in [0.5, 0.6) is 0 Å². The van der Waals surface area contributed by atoms with Crippen molar-refractivity contribution in [2.24, 2.45) is 0 Å². The van der Waals surface area contributed by atoms with Gasteiger partial charge in [-0.1, -0.05) is 267 Å². The summed E-state index contributed by atoms with van der Waals surface area (Å²) in [6.45, 7) is 4.58. The van der Waals surface area contributed by atoms with Crippen molar-refractivity contribution in [3.63, 3.8) is 0 Å². The smallest absolute Gasteiger partial charge is 0.164 e. The summed E-state index contributed by atoms with van der Waals surface area (Å²) >= 11 is 1.92. The maximum absolute atomic E-state index is 7.05. The average molecular weight is 1350 g/mol. The van der Waals surface area contributed by atoms with Gasteiger partial charge >= 0.3 is 0 Å². The molecule has 0 atom stereocenters. The highest BCUT2D eigenvalue weighted by Crippen LogP contribution is 2.60. The predicted molar refractivity (Wildman–Crippen MR) is 424 cm³/mol. The molecule has 20 aromatic rings. The standard InChI is InChI=1S/C94H58N8OS/c1-93(2)75-36-20-34-68-73-53-63(46-50-77(73)101(79(68)75)81-70-48-44-56-22-18-19-33-67(56)83(70)103-85(81)93)92-99-89(60-27-12-5-13-28-60)96-90(100-92)61-41-38-55(39-42-61)62-43-40-57-45-49-71-82-86(104-84(71)72(57)52-62)94(65-29-14-6-15-30-65,66-31-16-7-17-32-66)76-37-21-35-69-74-54-64(47-51-78(74)102(82)80(69)76)91-97-87(58-23-8-3-9-24-58)95-88(98-91)59-25-10-4-11-26-59/h3-54H,1-2H3. The van der Waals surface area contributed by atoms with E-state index in [1.54, 1.807) is 0 Å². The molecular weight excluding hydrogens is 1290 g/mol. The van der Waals surface area contributed by atoms with Gasteiger partial charge in [-0.2, -0.15) is 0 Å². The van der Waals surface area contributed by atoms with Gasteiger partial charge in [0.05, 0.1) is 44.3 Å². The molecule has 0 saturated heterocycles. The lowest BCUT2D eigenvalue weighted by Gasteiger charge is -2.40. The predicted octanol–water partition coefficient (Wildman–Crippen LogP) is 23.5. The summed E-state index contributed by atoms with van der Waals surface area (Å²) in [4.78, 5) is 32.6. The van der Waals surface area contributed by atoms with E-state index in [1.165, 1.54) is 70.1 Å². The van der Waals surface area contributed by atoms with Crippen LogP contribution in [0.4, 0.5) is 0 Å². The molecule has 0 saturated carbocycles. The second kappa shape index (κ2) is 22.1. The van der Waals surface area contributed by atoms with Crippen molar-refractivity contribution in [2.45, 2.75) is 24.7 Å². The zero-order chi connectivity index (χ0) is 68.5. The highest BCUT2D eigenvalue weighted by Gasteiger charge is 2.48. The fourth-order valence-corrected chi connectivity index (χ4v) is 18.7. The fraction of sp³-hybridized carbons (Fsp3) is 0.0426. The summed E-state index contributed by atoms with van der Waals surface area (Å²) in [5.74, 6) is 4.65. The van der Waals surface area contributed by atoms with E-state index < -0.39 is 10.8 Å². The minimum absolute atomic E-state index is 0.396. The molecule has 0 spiro atoms. The Balaban J connectivity index is 0.685. The van der Waals surface area contributed by atoms with Crippen LogP contribution in [0.25, 0.3) is 177 Å². The number of hydrogen-bond acceptors (Lipinski definition) is 8. The van der Waals surface area contributed by atoms with E-state index in [0.717, 1.165) is 105 Å². The molecule has 9 nitrogen and oxygen atoms in total. The lowest BCUT2D eigenvalue weighted by atomic mass is 9.66. The van der Waals surface area contributed by atoms with Crippen molar-refractivity contribution in [1.82, 2.24) is 39.0 Å². The number of thiophene rings is 1. The van der Waals surface area contributed by atoms with Crippen LogP contribution in [-0.4, -0.2) is 39.0 Å². The molecule has 0 aliphatic carbocycles. The summed E-state index contributed by atoms with van der Waals surface area (Å²) in [5, 5.41) is 11.5. The molecule has 0 amide bonds. The van der Waals surface area contributed by atoms with E-state index in [-0.39, 0.29) is 0 Å². The second-order valence-electron chi connectivity index (χ2n) is 28.0. The summed E-state index contributed by atoms with van der Waals surface area (Å²) in [5.41, 5.74) is 19.3. The van der Waals surface area contributed by atoms with Crippen molar-refractivity contribution >= 4 is 97.5 Å². The Morgan fingerprint density at radius 3 is 1.26 bits per heavy atom. The van der Waals surface area contributed by atoms with Crippen LogP contribution in [0.3, 0.4) is 0 Å². The molecule has 0 unspecified atom stereocenters. The van der Waals surface area contributed by atoms with E-state index in [4.69, 9.17) is 34.3 Å². The SMILES string of the molecule is CC1(C)c2oc3c(ccc4ccccc43)c2-n2c3ccc(-c4nc(-c5ccccc5)nc(-c5ccc(-c6ccc7ccc8c9c(sc8c7c6)C(c6ccccc6)(c6ccccc6)c6cccc7c8cc(-c%10nc(-c%11ccccc%11)nc(-c%11ccccc%11)n%10)ccc8n-9c67)cc5)n4)cc3c3cccc1c32. The molecule has 22 rings (SSSR count). The Hall–Kier alpha value is -13.3. The Labute approximate surface area is 601 Å². The Morgan fingerprint density at radius 2 is 0.702 bits per heavy atom. The van der Waals surface area contributed by atoms with Crippen LogP contribution in [-0.2, 0) is 10.8 Å². The first-order chi connectivity index (χ1) is 51.3. The fourth-order valence-electron chi connectivity index (χ4n) is 17.1. The van der Waals surface area contributed by atoms with Crippen molar-refractivity contribution in [2.75, 3.05) is 0 Å². The molecule has 0 radical (unpaired) electrons. The third-order valence-corrected chi connectivity index (χ3v) is 23.3. The Morgan fingerprint density at radius 1 is 0.298 bits per heavy atom. The number of hydrogen-bond donors (Lipinski definition) is 0. The van der Waals surface area contributed by atoms with Crippen LogP contribution in [0.1, 0.15) is 46.7 Å². The topological polar surface area (TPSA) is 100 Å². The number of benzene rings is 14. The van der Waals surface area contributed by atoms with Gasteiger partial charge in [0, 0.05) is 86.0 Å². The number of para-hydroxylation sites is 2. The third kappa shape index (κ3) is 8.42. The van der Waals surface area contributed by atoms with Gasteiger partial charge in [0.15, 0.2) is 34.9 Å². The van der Waals surface area contributed by atoms with Crippen LogP contribution < -0.4 is 0 Å². The lowest BCUT2D eigenvalue weighted by molar-refractivity contribution is 0.449. The Bertz CT molecular complexity index is 6880. The van der Waals surface area contributed by atoms with E-state index in [9.17, 15) is 0 Å². The largest absolute Gasteiger partial charge is 0.457 e. The van der Waals surface area contributed by atoms with Crippen molar-refractivity contribution in [3.05, 3.63) is 348 Å². The molecule has 2 aliphatic heterocycles. The highest BCUT2D eigenvalue weighted by molar-refractivity contribution is 7.21. The van der Waals surface area contributed by atoms with Crippen molar-refractivity contribution in [1.29, 1.82) is 0 Å². The average Bonchev–Trinajstić information content (AvgIpc) is 1.49. The highest BCUT2D eigenvalue weighted by atomic mass is 32.1. The maximum Gasteiger partial charge on any atom is 0.164 e. The number of nitrogens with zero attached hydrogens (tertiary/aromatic N) is 8. The monoisotopic (exact) mass is 1350 g/mol. The molecule has 0 N–H and O–H groups in total. The van der Waals surface area contributed by atoms with Crippen LogP contribution in [0.2, 0.25) is 0 Å². The van der Waals surface area contributed by atoms with E-state index in [1.807, 2.05) is 65.9 Å². The van der Waals surface area contributed by atoms with Crippen LogP contribution in [0.15, 0.2) is 320 Å². The Kier molecular flexibility index (Phi) is 12.4. The molecule has 104 heavy (non-hydrogen) atoms. The molecule has 8 heterocycles. The molecule has 10 heteroatoms. The summed E-state index contributed by atoms with van der Waals surface area (Å²) in [7, 11) is 0. The van der Waals surface area contributed by atoms with Crippen molar-refractivity contribution in [3.8, 4) is 90.8 Å². The molecule has 2 aliphatic rings. The first kappa shape index (κ1) is 58.5. The minimum atomic E-state index is -0.689. The molecule has 6 aromatic heterocycles.